The Bertz CT molecular complexity index is 2340. The topological polar surface area (TPSA) is 134 Å². The molecule has 2 aromatic heterocycles. The summed E-state index contributed by atoms with van der Waals surface area (Å²) in [4.78, 5) is 47.9. The van der Waals surface area contributed by atoms with Gasteiger partial charge in [0.2, 0.25) is 6.29 Å². The molecule has 6 heterocycles. The number of rotatable bonds is 10. The van der Waals surface area contributed by atoms with Gasteiger partial charge in [0.15, 0.2) is 5.82 Å². The second-order valence-corrected chi connectivity index (χ2v) is 16.8. The molecule has 3 unspecified atom stereocenters. The summed E-state index contributed by atoms with van der Waals surface area (Å²) in [5, 5.41) is 11.5. The van der Waals surface area contributed by atoms with E-state index in [1.807, 2.05) is 18.7 Å². The van der Waals surface area contributed by atoms with Crippen LogP contribution in [0.2, 0.25) is 0 Å². The first-order valence-corrected chi connectivity index (χ1v) is 20.1. The van der Waals surface area contributed by atoms with Crippen LogP contribution in [0.15, 0.2) is 30.5 Å². The second kappa shape index (κ2) is 15.6. The van der Waals surface area contributed by atoms with Crippen molar-refractivity contribution < 1.29 is 42.1 Å². The van der Waals surface area contributed by atoms with Crippen LogP contribution in [0.3, 0.4) is 0 Å². The predicted molar refractivity (Wildman–Crippen MR) is 214 cm³/mol. The second-order valence-electron chi connectivity index (χ2n) is 16.8. The van der Waals surface area contributed by atoms with Gasteiger partial charge in [0.25, 0.3) is 0 Å². The van der Waals surface area contributed by atoms with Gasteiger partial charge in [-0.25, -0.2) is 18.0 Å². The summed E-state index contributed by atoms with van der Waals surface area (Å²) >= 11 is 0. The number of aromatic nitrogens is 3. The van der Waals surface area contributed by atoms with E-state index < -0.39 is 47.7 Å². The molecule has 4 saturated heterocycles. The summed E-state index contributed by atoms with van der Waals surface area (Å²) in [6.45, 7) is 7.10. The fraction of sp³-hybridized carbons (Fsp3) is 0.512. The fourth-order valence-electron chi connectivity index (χ4n) is 9.83. The van der Waals surface area contributed by atoms with Crippen LogP contribution in [0.25, 0.3) is 32.9 Å². The molecule has 4 fully saturated rings. The smallest absolute Gasteiger partial charge is 0.413 e. The Kier molecular flexibility index (Phi) is 10.7. The van der Waals surface area contributed by atoms with Crippen molar-refractivity contribution in [3.63, 3.8) is 0 Å². The maximum absolute atomic E-state index is 17.1. The van der Waals surface area contributed by atoms with Crippen LogP contribution in [0.4, 0.5) is 23.8 Å². The van der Waals surface area contributed by atoms with Gasteiger partial charge < -0.3 is 24.2 Å². The zero-order valence-electron chi connectivity index (χ0n) is 33.8. The lowest BCUT2D eigenvalue weighted by Gasteiger charge is -2.41. The molecule has 2 bridgehead atoms. The van der Waals surface area contributed by atoms with E-state index in [0.29, 0.717) is 50.1 Å². The Morgan fingerprint density at radius 1 is 1.08 bits per heavy atom. The SMILES string of the molecule is C#Cc1c(F)ccc2cc(O)cc(-c3ncc4c(N5CC6CCC(C5)N6C(=O)OC(C)OC(=O)[C@H](C(C)C)N(C)C)nc(OC[C@@]56CCCN5C[C@H](F)C6)nc4c3F)c12. The van der Waals surface area contributed by atoms with E-state index in [1.54, 1.807) is 23.9 Å². The number of aromatic hydroxyl groups is 1. The van der Waals surface area contributed by atoms with Gasteiger partial charge in [-0.2, -0.15) is 9.97 Å². The van der Waals surface area contributed by atoms with Crippen molar-refractivity contribution in [3.05, 3.63) is 47.7 Å². The standard InChI is InChI=1S/C43H48F3N7O6/c1-7-30-33(45)12-9-25-15-29(54)16-31(34(25)30)36-35(46)37-32(18-47-36)39(49-41(48-37)57-22-43-13-8-14-52(43)19-26(44)17-43)51-20-27-10-11-28(21-51)53(27)42(56)59-24(4)58-40(55)38(23(2)3)50(5)6/h1,9,12,15-16,18,23-24,26-28,38,54H,8,10-11,13-14,17,19-22H2,2-6H3/t24?,26-,27?,28?,38+,43+/m1/s1. The lowest BCUT2D eigenvalue weighted by molar-refractivity contribution is -0.173. The first-order valence-electron chi connectivity index (χ1n) is 20.1. The van der Waals surface area contributed by atoms with Gasteiger partial charge in [0.1, 0.15) is 47.4 Å². The number of ether oxygens (including phenoxy) is 3. The lowest BCUT2D eigenvalue weighted by atomic mass is 9.95. The van der Waals surface area contributed by atoms with E-state index in [4.69, 9.17) is 25.6 Å². The van der Waals surface area contributed by atoms with Gasteiger partial charge in [-0.05, 0) is 75.8 Å². The number of piperazine rings is 1. The number of alkyl halides is 1. The van der Waals surface area contributed by atoms with Crippen LogP contribution in [-0.2, 0) is 14.3 Å². The lowest BCUT2D eigenvalue weighted by Crippen LogP contribution is -2.56. The highest BCUT2D eigenvalue weighted by atomic mass is 19.1. The number of anilines is 1. The van der Waals surface area contributed by atoms with Crippen LogP contribution in [0.1, 0.15) is 58.4 Å². The van der Waals surface area contributed by atoms with Crippen molar-refractivity contribution >= 4 is 39.6 Å². The van der Waals surface area contributed by atoms with Gasteiger partial charge in [0.05, 0.1) is 28.6 Å². The van der Waals surface area contributed by atoms with E-state index in [-0.39, 0.29) is 69.5 Å². The Morgan fingerprint density at radius 3 is 2.53 bits per heavy atom. The van der Waals surface area contributed by atoms with E-state index >= 15 is 8.78 Å². The zero-order valence-corrected chi connectivity index (χ0v) is 33.8. The minimum Gasteiger partial charge on any atom is -0.508 e. The molecule has 0 saturated carbocycles. The number of hydrogen-bond acceptors (Lipinski definition) is 12. The Labute approximate surface area is 340 Å². The van der Waals surface area contributed by atoms with Gasteiger partial charge in [-0.15, -0.1) is 6.42 Å². The number of carbonyl (C=O) groups excluding carboxylic acids is 2. The maximum Gasteiger partial charge on any atom is 0.413 e. The largest absolute Gasteiger partial charge is 0.508 e. The number of nitrogens with zero attached hydrogens (tertiary/aromatic N) is 7. The first-order chi connectivity index (χ1) is 28.2. The van der Waals surface area contributed by atoms with Crippen LogP contribution in [-0.4, -0.2) is 130 Å². The fourth-order valence-corrected chi connectivity index (χ4v) is 9.83. The van der Waals surface area contributed by atoms with Crippen molar-refractivity contribution in [2.75, 3.05) is 51.8 Å². The van der Waals surface area contributed by atoms with Crippen LogP contribution in [0.5, 0.6) is 11.8 Å². The molecule has 4 aliphatic heterocycles. The summed E-state index contributed by atoms with van der Waals surface area (Å²) < 4.78 is 64.3. The van der Waals surface area contributed by atoms with E-state index in [9.17, 15) is 19.1 Å². The molecule has 59 heavy (non-hydrogen) atoms. The third-order valence-corrected chi connectivity index (χ3v) is 12.3. The summed E-state index contributed by atoms with van der Waals surface area (Å²) in [5.74, 6) is 0.403. The number of fused-ring (bicyclic) bond motifs is 5. The summed E-state index contributed by atoms with van der Waals surface area (Å²) in [5.41, 5.74) is -0.929. The molecule has 0 radical (unpaired) electrons. The Hall–Kier alpha value is -5.40. The van der Waals surface area contributed by atoms with Gasteiger partial charge in [-0.1, -0.05) is 25.8 Å². The average molecular weight is 816 g/mol. The molecule has 6 atom stereocenters. The Morgan fingerprint density at radius 2 is 1.83 bits per heavy atom. The molecule has 13 nitrogen and oxygen atoms in total. The zero-order chi connectivity index (χ0) is 41.9. The molecule has 0 spiro atoms. The molecule has 4 aliphatic rings. The van der Waals surface area contributed by atoms with Crippen LogP contribution < -0.4 is 9.64 Å². The Balaban J connectivity index is 1.13. The van der Waals surface area contributed by atoms with Gasteiger partial charge in [0, 0.05) is 50.1 Å². The quantitative estimate of drug-likeness (QED) is 0.114. The van der Waals surface area contributed by atoms with Gasteiger partial charge in [-0.3, -0.25) is 24.5 Å². The average Bonchev–Trinajstić information content (AvgIpc) is 3.79. The number of phenols is 1. The molecule has 2 aromatic carbocycles. The van der Waals surface area contributed by atoms with Crippen molar-refractivity contribution in [3.8, 4) is 35.4 Å². The van der Waals surface area contributed by atoms with Crippen molar-refractivity contribution in [2.45, 2.75) is 89.0 Å². The molecule has 0 aliphatic carbocycles. The highest BCUT2D eigenvalue weighted by molar-refractivity contribution is 6.03. The summed E-state index contributed by atoms with van der Waals surface area (Å²) in [6.07, 6.45) is 7.68. The number of carbonyl (C=O) groups is 2. The molecule has 1 amide bonds. The summed E-state index contributed by atoms with van der Waals surface area (Å²) in [7, 11) is 3.57. The summed E-state index contributed by atoms with van der Waals surface area (Å²) in [6, 6.07) is 4.05. The molecule has 16 heteroatoms. The number of hydrogen-bond donors (Lipinski definition) is 1. The third-order valence-electron chi connectivity index (χ3n) is 12.3. The number of halogens is 3. The van der Waals surface area contributed by atoms with Crippen molar-refractivity contribution in [1.82, 2.24) is 29.7 Å². The molecule has 312 valence electrons. The van der Waals surface area contributed by atoms with Crippen LogP contribution in [0, 0.1) is 29.9 Å². The predicted octanol–water partition coefficient (Wildman–Crippen LogP) is 6.03. The minimum atomic E-state index is -1.12. The molecule has 1 N–H and O–H groups in total. The minimum absolute atomic E-state index is 0.0248. The van der Waals surface area contributed by atoms with E-state index in [1.165, 1.54) is 37.4 Å². The molecular weight excluding hydrogens is 768 g/mol. The third kappa shape index (κ3) is 7.32. The monoisotopic (exact) mass is 815 g/mol. The number of phenolic OH excluding ortho intramolecular Hbond substituents is 1. The molecule has 8 rings (SSSR count). The van der Waals surface area contributed by atoms with E-state index in [2.05, 4.69) is 20.8 Å². The highest BCUT2D eigenvalue weighted by Crippen LogP contribution is 2.43. The molecule has 4 aromatic rings. The number of amides is 1. The highest BCUT2D eigenvalue weighted by Gasteiger charge is 2.50. The number of terminal acetylenes is 1. The van der Waals surface area contributed by atoms with E-state index in [0.717, 1.165) is 19.4 Å². The van der Waals surface area contributed by atoms with Gasteiger partial charge >= 0.3 is 18.1 Å². The maximum atomic E-state index is 17.1. The number of pyridine rings is 1. The molecular formula is C43H48F3N7O6. The number of esters is 1. The van der Waals surface area contributed by atoms with Crippen LogP contribution >= 0.6 is 0 Å². The first kappa shape index (κ1) is 40.4. The normalized spacial score (nSPS) is 23.8. The number of benzene rings is 2. The number of likely N-dealkylation sites (N-methyl/N-ethyl adjacent to an activating group) is 1. The van der Waals surface area contributed by atoms with Crippen molar-refractivity contribution in [1.29, 1.82) is 0 Å². The van der Waals surface area contributed by atoms with Crippen molar-refractivity contribution in [2.24, 2.45) is 5.92 Å².